The van der Waals surface area contributed by atoms with E-state index in [0.29, 0.717) is 18.2 Å². The van der Waals surface area contributed by atoms with E-state index in [1.165, 1.54) is 0 Å². The first-order valence-corrected chi connectivity index (χ1v) is 7.24. The van der Waals surface area contributed by atoms with Crippen molar-refractivity contribution in [1.82, 2.24) is 0 Å². The Morgan fingerprint density at radius 2 is 1.89 bits per heavy atom. The summed E-state index contributed by atoms with van der Waals surface area (Å²) < 4.78 is 5.02. The lowest BCUT2D eigenvalue weighted by Crippen LogP contribution is -2.19. The molecule has 106 valence electrons. The summed E-state index contributed by atoms with van der Waals surface area (Å²) in [4.78, 5) is 11.7. The highest BCUT2D eigenvalue weighted by Crippen LogP contribution is 2.16. The lowest BCUT2D eigenvalue weighted by Gasteiger charge is -2.19. The Morgan fingerprint density at radius 3 is 2.47 bits per heavy atom. The standard InChI is InChI=1S/C16H25NO2/c1-4-8-14(9-5-2)17-15-11-7-10-13(12-15)16(18)19-6-3/h7,10-12,14,17H,4-6,8-9H2,1-3H3. The van der Waals surface area contributed by atoms with Crippen molar-refractivity contribution in [2.24, 2.45) is 0 Å². The number of esters is 1. The summed E-state index contributed by atoms with van der Waals surface area (Å²) in [6, 6.07) is 8.03. The van der Waals surface area contributed by atoms with Crippen molar-refractivity contribution >= 4 is 11.7 Å². The first-order chi connectivity index (χ1) is 9.21. The highest BCUT2D eigenvalue weighted by Gasteiger charge is 2.09. The number of ether oxygens (including phenoxy) is 1. The number of rotatable bonds is 8. The van der Waals surface area contributed by atoms with Gasteiger partial charge in [0.2, 0.25) is 0 Å². The molecule has 0 aliphatic heterocycles. The summed E-state index contributed by atoms with van der Waals surface area (Å²) >= 11 is 0. The summed E-state index contributed by atoms with van der Waals surface area (Å²) in [5.74, 6) is -0.256. The molecule has 1 aromatic rings. The van der Waals surface area contributed by atoms with E-state index < -0.39 is 0 Å². The summed E-state index contributed by atoms with van der Waals surface area (Å²) in [7, 11) is 0. The number of benzene rings is 1. The summed E-state index contributed by atoms with van der Waals surface area (Å²) in [5, 5.41) is 3.51. The summed E-state index contributed by atoms with van der Waals surface area (Å²) in [6.07, 6.45) is 4.62. The Morgan fingerprint density at radius 1 is 1.21 bits per heavy atom. The van der Waals surface area contributed by atoms with Crippen LogP contribution in [0.5, 0.6) is 0 Å². The van der Waals surface area contributed by atoms with E-state index in [1.807, 2.05) is 25.1 Å². The van der Waals surface area contributed by atoms with Crippen LogP contribution in [-0.2, 0) is 4.74 Å². The van der Waals surface area contributed by atoms with Crippen molar-refractivity contribution in [2.45, 2.75) is 52.5 Å². The quantitative estimate of drug-likeness (QED) is 0.713. The molecule has 0 saturated carbocycles. The topological polar surface area (TPSA) is 38.3 Å². The van der Waals surface area contributed by atoms with Crippen LogP contribution < -0.4 is 5.32 Å². The fourth-order valence-corrected chi connectivity index (χ4v) is 2.17. The number of nitrogens with one attached hydrogen (secondary N) is 1. The van der Waals surface area contributed by atoms with Crippen LogP contribution in [0.3, 0.4) is 0 Å². The summed E-state index contributed by atoms with van der Waals surface area (Å²) in [6.45, 7) is 6.61. The third-order valence-electron chi connectivity index (χ3n) is 3.02. The third-order valence-corrected chi connectivity index (χ3v) is 3.02. The molecule has 0 heterocycles. The van der Waals surface area contributed by atoms with Gasteiger partial charge in [-0.15, -0.1) is 0 Å². The zero-order valence-electron chi connectivity index (χ0n) is 12.2. The first-order valence-electron chi connectivity index (χ1n) is 7.24. The van der Waals surface area contributed by atoms with Crippen molar-refractivity contribution in [3.8, 4) is 0 Å². The average molecular weight is 263 g/mol. The van der Waals surface area contributed by atoms with Gasteiger partial charge >= 0.3 is 5.97 Å². The maximum Gasteiger partial charge on any atom is 0.338 e. The highest BCUT2D eigenvalue weighted by atomic mass is 16.5. The Hall–Kier alpha value is -1.51. The molecular formula is C16H25NO2. The molecule has 0 unspecified atom stereocenters. The van der Waals surface area contributed by atoms with Gasteiger partial charge in [0.25, 0.3) is 0 Å². The minimum atomic E-state index is -0.256. The van der Waals surface area contributed by atoms with Gasteiger partial charge in [-0.3, -0.25) is 0 Å². The maximum atomic E-state index is 11.7. The van der Waals surface area contributed by atoms with Gasteiger partial charge in [-0.05, 0) is 38.0 Å². The number of carbonyl (C=O) groups excluding carboxylic acids is 1. The second-order valence-electron chi connectivity index (χ2n) is 4.72. The van der Waals surface area contributed by atoms with E-state index >= 15 is 0 Å². The van der Waals surface area contributed by atoms with E-state index in [2.05, 4.69) is 19.2 Å². The van der Waals surface area contributed by atoms with Crippen LogP contribution in [-0.4, -0.2) is 18.6 Å². The van der Waals surface area contributed by atoms with Gasteiger partial charge in [0.1, 0.15) is 0 Å². The van der Waals surface area contributed by atoms with Gasteiger partial charge in [0.15, 0.2) is 0 Å². The molecule has 1 N–H and O–H groups in total. The lowest BCUT2D eigenvalue weighted by atomic mass is 10.1. The van der Waals surface area contributed by atoms with Gasteiger partial charge < -0.3 is 10.1 Å². The predicted molar refractivity (Wildman–Crippen MR) is 79.6 cm³/mol. The molecule has 0 aliphatic carbocycles. The molecule has 1 rings (SSSR count). The van der Waals surface area contributed by atoms with E-state index in [-0.39, 0.29) is 5.97 Å². The monoisotopic (exact) mass is 263 g/mol. The third kappa shape index (κ3) is 5.33. The van der Waals surface area contributed by atoms with Crippen LogP contribution in [0.1, 0.15) is 56.8 Å². The number of hydrogen-bond donors (Lipinski definition) is 1. The number of hydrogen-bond acceptors (Lipinski definition) is 3. The smallest absolute Gasteiger partial charge is 0.338 e. The molecule has 0 fully saturated rings. The first kappa shape index (κ1) is 15.5. The van der Waals surface area contributed by atoms with Crippen molar-refractivity contribution < 1.29 is 9.53 Å². The Bertz CT molecular complexity index is 384. The van der Waals surface area contributed by atoms with E-state index in [1.54, 1.807) is 6.07 Å². The Labute approximate surface area is 116 Å². The van der Waals surface area contributed by atoms with Crippen LogP contribution in [0.4, 0.5) is 5.69 Å². The molecule has 19 heavy (non-hydrogen) atoms. The fourth-order valence-electron chi connectivity index (χ4n) is 2.17. The van der Waals surface area contributed by atoms with E-state index in [4.69, 9.17) is 4.74 Å². The van der Waals surface area contributed by atoms with Crippen molar-refractivity contribution in [1.29, 1.82) is 0 Å². The van der Waals surface area contributed by atoms with Crippen molar-refractivity contribution in [3.63, 3.8) is 0 Å². The average Bonchev–Trinajstić information content (AvgIpc) is 2.40. The van der Waals surface area contributed by atoms with Gasteiger partial charge in [-0.2, -0.15) is 0 Å². The molecule has 3 heteroatoms. The van der Waals surface area contributed by atoms with Crippen LogP contribution in [0.25, 0.3) is 0 Å². The largest absolute Gasteiger partial charge is 0.462 e. The second-order valence-corrected chi connectivity index (χ2v) is 4.72. The zero-order valence-corrected chi connectivity index (χ0v) is 12.2. The molecule has 0 atom stereocenters. The second kappa shape index (κ2) is 8.57. The zero-order chi connectivity index (χ0) is 14.1. The number of carbonyl (C=O) groups is 1. The minimum absolute atomic E-state index is 0.256. The van der Waals surface area contributed by atoms with Crippen LogP contribution >= 0.6 is 0 Å². The predicted octanol–water partition coefficient (Wildman–Crippen LogP) is 4.24. The van der Waals surface area contributed by atoms with Crippen LogP contribution in [0.2, 0.25) is 0 Å². The highest BCUT2D eigenvalue weighted by molar-refractivity contribution is 5.90. The van der Waals surface area contributed by atoms with E-state index in [9.17, 15) is 4.79 Å². The molecule has 0 radical (unpaired) electrons. The molecule has 3 nitrogen and oxygen atoms in total. The Kier molecular flexibility index (Phi) is 7.01. The molecular weight excluding hydrogens is 238 g/mol. The molecule has 0 saturated heterocycles. The normalized spacial score (nSPS) is 10.5. The number of anilines is 1. The Balaban J connectivity index is 2.72. The molecule has 0 aliphatic rings. The van der Waals surface area contributed by atoms with Gasteiger partial charge in [0, 0.05) is 11.7 Å². The van der Waals surface area contributed by atoms with Gasteiger partial charge in [-0.25, -0.2) is 4.79 Å². The SMILES string of the molecule is CCCC(CCC)Nc1cccc(C(=O)OCC)c1. The van der Waals surface area contributed by atoms with Crippen LogP contribution in [0, 0.1) is 0 Å². The van der Waals surface area contributed by atoms with E-state index in [0.717, 1.165) is 31.4 Å². The van der Waals surface area contributed by atoms with Crippen molar-refractivity contribution in [3.05, 3.63) is 29.8 Å². The molecule has 0 aromatic heterocycles. The molecule has 1 aromatic carbocycles. The van der Waals surface area contributed by atoms with Crippen molar-refractivity contribution in [2.75, 3.05) is 11.9 Å². The molecule has 0 amide bonds. The van der Waals surface area contributed by atoms with Crippen LogP contribution in [0.15, 0.2) is 24.3 Å². The molecule has 0 bridgehead atoms. The maximum absolute atomic E-state index is 11.7. The fraction of sp³-hybridized carbons (Fsp3) is 0.562. The molecule has 0 spiro atoms. The van der Waals surface area contributed by atoms with Gasteiger partial charge in [0.05, 0.1) is 12.2 Å². The van der Waals surface area contributed by atoms with Gasteiger partial charge in [-0.1, -0.05) is 32.8 Å². The minimum Gasteiger partial charge on any atom is -0.462 e. The summed E-state index contributed by atoms with van der Waals surface area (Å²) in [5.41, 5.74) is 1.61. The lowest BCUT2D eigenvalue weighted by molar-refractivity contribution is 0.0526.